The number of benzene rings is 2. The normalized spacial score (nSPS) is 10.4. The second-order valence-electron chi connectivity index (χ2n) is 5.82. The second-order valence-corrected chi connectivity index (χ2v) is 6.26. The van der Waals surface area contributed by atoms with Gasteiger partial charge < -0.3 is 19.6 Å². The fourth-order valence-electron chi connectivity index (χ4n) is 2.57. The van der Waals surface area contributed by atoms with E-state index in [1.807, 2.05) is 18.2 Å². The number of halogens is 1. The molecule has 1 aromatic heterocycles. The zero-order chi connectivity index (χ0) is 19.4. The standard InChI is InChI=1S/C20H16ClNO5/c1-12-8-15(21)9-17(20(24)25)19(12)22-18(23)11-27-16-4-2-13(3-5-16)14-6-7-26-10-14/h2-10H,11H2,1H3,(H,22,23)(H,24,25). The minimum atomic E-state index is -1.17. The molecule has 2 N–H and O–H groups in total. The highest BCUT2D eigenvalue weighted by Gasteiger charge is 2.16. The van der Waals surface area contributed by atoms with E-state index in [2.05, 4.69) is 5.32 Å². The molecule has 1 heterocycles. The molecular weight excluding hydrogens is 370 g/mol. The van der Waals surface area contributed by atoms with E-state index in [0.717, 1.165) is 11.1 Å². The SMILES string of the molecule is Cc1cc(Cl)cc(C(=O)O)c1NC(=O)COc1ccc(-c2ccoc2)cc1. The number of aryl methyl sites for hydroxylation is 1. The molecular formula is C20H16ClNO5. The summed E-state index contributed by atoms with van der Waals surface area (Å²) in [6.45, 7) is 1.41. The molecule has 0 aliphatic carbocycles. The molecule has 1 amide bonds. The summed E-state index contributed by atoms with van der Waals surface area (Å²) >= 11 is 5.89. The van der Waals surface area contributed by atoms with Crippen LogP contribution >= 0.6 is 11.6 Å². The Balaban J connectivity index is 1.64. The fraction of sp³-hybridized carbons (Fsp3) is 0.100. The van der Waals surface area contributed by atoms with Crippen LogP contribution in [0.5, 0.6) is 5.75 Å². The van der Waals surface area contributed by atoms with Crippen molar-refractivity contribution in [3.05, 3.63) is 71.1 Å². The molecule has 2 aromatic carbocycles. The van der Waals surface area contributed by atoms with Crippen LogP contribution in [-0.4, -0.2) is 23.6 Å². The summed E-state index contributed by atoms with van der Waals surface area (Å²) in [5, 5.41) is 12.2. The number of anilines is 1. The lowest BCUT2D eigenvalue weighted by molar-refractivity contribution is -0.118. The number of aromatic carboxylic acids is 1. The van der Waals surface area contributed by atoms with Crippen molar-refractivity contribution in [2.45, 2.75) is 6.92 Å². The zero-order valence-corrected chi connectivity index (χ0v) is 15.1. The van der Waals surface area contributed by atoms with E-state index in [4.69, 9.17) is 20.8 Å². The van der Waals surface area contributed by atoms with Gasteiger partial charge in [0.1, 0.15) is 5.75 Å². The zero-order valence-electron chi connectivity index (χ0n) is 14.4. The number of hydrogen-bond acceptors (Lipinski definition) is 4. The Morgan fingerprint density at radius 2 is 1.89 bits per heavy atom. The Morgan fingerprint density at radius 3 is 2.52 bits per heavy atom. The van der Waals surface area contributed by atoms with Gasteiger partial charge in [-0.2, -0.15) is 0 Å². The van der Waals surface area contributed by atoms with Crippen LogP contribution < -0.4 is 10.1 Å². The molecule has 6 nitrogen and oxygen atoms in total. The Bertz CT molecular complexity index is 965. The first-order chi connectivity index (χ1) is 12.9. The van der Waals surface area contributed by atoms with E-state index in [-0.39, 0.29) is 22.9 Å². The van der Waals surface area contributed by atoms with Crippen LogP contribution in [0.1, 0.15) is 15.9 Å². The molecule has 138 valence electrons. The maximum Gasteiger partial charge on any atom is 0.337 e. The third-order valence-corrected chi connectivity index (χ3v) is 4.09. The Kier molecular flexibility index (Phi) is 5.47. The minimum Gasteiger partial charge on any atom is -0.484 e. The maximum absolute atomic E-state index is 12.2. The van der Waals surface area contributed by atoms with Gasteiger partial charge in [0.2, 0.25) is 0 Å². The van der Waals surface area contributed by atoms with Crippen molar-refractivity contribution in [2.24, 2.45) is 0 Å². The molecule has 0 spiro atoms. The second kappa shape index (κ2) is 7.97. The summed E-state index contributed by atoms with van der Waals surface area (Å²) in [6, 6.07) is 11.9. The number of hydrogen-bond donors (Lipinski definition) is 2. The highest BCUT2D eigenvalue weighted by molar-refractivity contribution is 6.31. The molecule has 0 aliphatic heterocycles. The predicted molar refractivity (Wildman–Crippen MR) is 101 cm³/mol. The average Bonchev–Trinajstić information content (AvgIpc) is 3.17. The van der Waals surface area contributed by atoms with Crippen LogP contribution in [-0.2, 0) is 4.79 Å². The number of rotatable bonds is 6. The van der Waals surface area contributed by atoms with E-state index >= 15 is 0 Å². The lowest BCUT2D eigenvalue weighted by Gasteiger charge is -2.13. The molecule has 0 fully saturated rings. The van der Waals surface area contributed by atoms with Gasteiger partial charge in [0, 0.05) is 10.6 Å². The smallest absolute Gasteiger partial charge is 0.337 e. The monoisotopic (exact) mass is 385 g/mol. The number of carbonyl (C=O) groups is 2. The topological polar surface area (TPSA) is 88.8 Å². The summed E-state index contributed by atoms with van der Waals surface area (Å²) in [6.07, 6.45) is 3.23. The Hall–Kier alpha value is -3.25. The lowest BCUT2D eigenvalue weighted by Crippen LogP contribution is -2.22. The summed E-state index contributed by atoms with van der Waals surface area (Å²) in [4.78, 5) is 23.5. The van der Waals surface area contributed by atoms with Gasteiger partial charge in [-0.1, -0.05) is 23.7 Å². The molecule has 0 unspecified atom stereocenters. The number of ether oxygens (including phenoxy) is 1. The summed E-state index contributed by atoms with van der Waals surface area (Å²) < 4.78 is 10.5. The third kappa shape index (κ3) is 4.48. The summed E-state index contributed by atoms with van der Waals surface area (Å²) in [5.41, 5.74) is 2.59. The predicted octanol–water partition coefficient (Wildman–Crippen LogP) is 4.62. The van der Waals surface area contributed by atoms with Crippen molar-refractivity contribution in [3.63, 3.8) is 0 Å². The van der Waals surface area contributed by atoms with E-state index in [0.29, 0.717) is 11.3 Å². The van der Waals surface area contributed by atoms with Crippen LogP contribution in [0.25, 0.3) is 11.1 Å². The van der Waals surface area contributed by atoms with Crippen LogP contribution in [0.3, 0.4) is 0 Å². The van der Waals surface area contributed by atoms with Gasteiger partial charge in [0.25, 0.3) is 5.91 Å². The number of carbonyl (C=O) groups excluding carboxylic acids is 1. The first-order valence-electron chi connectivity index (χ1n) is 8.03. The van der Waals surface area contributed by atoms with Gasteiger partial charge >= 0.3 is 5.97 Å². The molecule has 0 saturated carbocycles. The molecule has 0 saturated heterocycles. The van der Waals surface area contributed by atoms with E-state index in [1.54, 1.807) is 37.6 Å². The average molecular weight is 386 g/mol. The third-order valence-electron chi connectivity index (χ3n) is 3.87. The largest absolute Gasteiger partial charge is 0.484 e. The first kappa shape index (κ1) is 18.5. The minimum absolute atomic E-state index is 0.0715. The maximum atomic E-state index is 12.2. The number of furan rings is 1. The summed E-state index contributed by atoms with van der Waals surface area (Å²) in [5.74, 6) is -1.13. The molecule has 0 aliphatic rings. The first-order valence-corrected chi connectivity index (χ1v) is 8.40. The van der Waals surface area contributed by atoms with Gasteiger partial charge in [0.15, 0.2) is 6.61 Å². The van der Waals surface area contributed by atoms with Gasteiger partial charge in [-0.25, -0.2) is 4.79 Å². The van der Waals surface area contributed by atoms with Crippen LogP contribution in [0.15, 0.2) is 59.4 Å². The Labute approximate surface area is 160 Å². The molecule has 0 radical (unpaired) electrons. The van der Waals surface area contributed by atoms with Gasteiger partial charge in [-0.15, -0.1) is 0 Å². The lowest BCUT2D eigenvalue weighted by atomic mass is 10.1. The quantitative estimate of drug-likeness (QED) is 0.646. The van der Waals surface area contributed by atoms with Gasteiger partial charge in [-0.05, 0) is 48.4 Å². The van der Waals surface area contributed by atoms with Gasteiger partial charge in [-0.3, -0.25) is 4.79 Å². The van der Waals surface area contributed by atoms with Crippen molar-refractivity contribution >= 4 is 29.2 Å². The Morgan fingerprint density at radius 1 is 1.15 bits per heavy atom. The number of nitrogens with one attached hydrogen (secondary N) is 1. The van der Waals surface area contributed by atoms with E-state index in [9.17, 15) is 14.7 Å². The molecule has 3 rings (SSSR count). The molecule has 3 aromatic rings. The number of carboxylic acids is 1. The molecule has 0 bridgehead atoms. The van der Waals surface area contributed by atoms with Gasteiger partial charge in [0.05, 0.1) is 23.8 Å². The van der Waals surface area contributed by atoms with Crippen molar-refractivity contribution in [1.29, 1.82) is 0 Å². The van der Waals surface area contributed by atoms with Crippen LogP contribution in [0.4, 0.5) is 5.69 Å². The summed E-state index contributed by atoms with van der Waals surface area (Å²) in [7, 11) is 0. The van der Waals surface area contributed by atoms with Crippen LogP contribution in [0.2, 0.25) is 5.02 Å². The highest BCUT2D eigenvalue weighted by Crippen LogP contribution is 2.26. The van der Waals surface area contributed by atoms with Crippen molar-refractivity contribution in [1.82, 2.24) is 0 Å². The molecule has 0 atom stereocenters. The highest BCUT2D eigenvalue weighted by atomic mass is 35.5. The van der Waals surface area contributed by atoms with Crippen molar-refractivity contribution in [3.8, 4) is 16.9 Å². The van der Waals surface area contributed by atoms with Crippen molar-refractivity contribution < 1.29 is 23.8 Å². The number of carboxylic acid groups (broad SMARTS) is 1. The fourth-order valence-corrected chi connectivity index (χ4v) is 2.85. The van der Waals surface area contributed by atoms with E-state index < -0.39 is 11.9 Å². The van der Waals surface area contributed by atoms with Crippen LogP contribution in [0, 0.1) is 6.92 Å². The molecule has 7 heteroatoms. The van der Waals surface area contributed by atoms with E-state index in [1.165, 1.54) is 6.07 Å². The molecule has 27 heavy (non-hydrogen) atoms. The number of amides is 1. The van der Waals surface area contributed by atoms with Crippen molar-refractivity contribution in [2.75, 3.05) is 11.9 Å².